The molecule has 1 saturated carbocycles. The maximum atomic E-state index is 11.7. The SMILES string of the molecule is CC1CC(Oc2ccc(N)cc2S(N)(=O)=O)CC(C)(C)C1. The number of sulfonamides is 1. The van der Waals surface area contributed by atoms with E-state index in [0.29, 0.717) is 17.4 Å². The zero-order chi connectivity index (χ0) is 15.8. The summed E-state index contributed by atoms with van der Waals surface area (Å²) in [7, 11) is -3.85. The summed E-state index contributed by atoms with van der Waals surface area (Å²) < 4.78 is 29.3. The minimum absolute atomic E-state index is 0.00660. The van der Waals surface area contributed by atoms with Crippen molar-refractivity contribution < 1.29 is 13.2 Å². The van der Waals surface area contributed by atoms with E-state index in [1.54, 1.807) is 12.1 Å². The van der Waals surface area contributed by atoms with Crippen LogP contribution in [0.4, 0.5) is 5.69 Å². The van der Waals surface area contributed by atoms with Crippen molar-refractivity contribution in [2.24, 2.45) is 16.5 Å². The number of benzene rings is 1. The van der Waals surface area contributed by atoms with Gasteiger partial charge in [0, 0.05) is 5.69 Å². The predicted octanol–water partition coefficient (Wildman–Crippen LogP) is 2.51. The number of nitrogens with two attached hydrogens (primary N) is 2. The van der Waals surface area contributed by atoms with Gasteiger partial charge in [0.2, 0.25) is 10.0 Å². The van der Waals surface area contributed by atoms with Crippen LogP contribution >= 0.6 is 0 Å². The lowest BCUT2D eigenvalue weighted by atomic mass is 9.71. The first-order valence-electron chi connectivity index (χ1n) is 7.16. The molecule has 2 atom stereocenters. The molecule has 4 N–H and O–H groups in total. The van der Waals surface area contributed by atoms with E-state index in [1.165, 1.54) is 6.07 Å². The molecule has 1 aromatic carbocycles. The first-order chi connectivity index (χ1) is 9.57. The Labute approximate surface area is 126 Å². The van der Waals surface area contributed by atoms with Gasteiger partial charge in [0.25, 0.3) is 0 Å². The van der Waals surface area contributed by atoms with Crippen LogP contribution in [0.15, 0.2) is 23.1 Å². The number of ether oxygens (including phenoxy) is 1. The van der Waals surface area contributed by atoms with Gasteiger partial charge in [0.15, 0.2) is 0 Å². The van der Waals surface area contributed by atoms with Gasteiger partial charge < -0.3 is 10.5 Å². The highest BCUT2D eigenvalue weighted by Crippen LogP contribution is 2.40. The molecule has 0 aliphatic heterocycles. The summed E-state index contributed by atoms with van der Waals surface area (Å²) in [6.45, 7) is 6.62. The van der Waals surface area contributed by atoms with Crippen LogP contribution in [-0.4, -0.2) is 14.5 Å². The van der Waals surface area contributed by atoms with Crippen LogP contribution in [0.1, 0.15) is 40.0 Å². The zero-order valence-electron chi connectivity index (χ0n) is 12.8. The van der Waals surface area contributed by atoms with Crippen molar-refractivity contribution in [2.75, 3.05) is 5.73 Å². The fourth-order valence-corrected chi connectivity index (χ4v) is 4.07. The van der Waals surface area contributed by atoms with E-state index in [9.17, 15) is 8.42 Å². The van der Waals surface area contributed by atoms with Gasteiger partial charge >= 0.3 is 0 Å². The minimum Gasteiger partial charge on any atom is -0.489 e. The zero-order valence-corrected chi connectivity index (χ0v) is 13.6. The average Bonchev–Trinajstić information content (AvgIpc) is 2.27. The lowest BCUT2D eigenvalue weighted by Crippen LogP contribution is -2.34. The second-order valence-corrected chi connectivity index (χ2v) is 8.43. The molecule has 5 nitrogen and oxygen atoms in total. The Kier molecular flexibility index (Phi) is 4.22. The molecule has 0 radical (unpaired) electrons. The van der Waals surface area contributed by atoms with Crippen LogP contribution in [0, 0.1) is 11.3 Å². The van der Waals surface area contributed by atoms with E-state index in [4.69, 9.17) is 15.6 Å². The Morgan fingerprint density at radius 3 is 2.52 bits per heavy atom. The summed E-state index contributed by atoms with van der Waals surface area (Å²) in [6, 6.07) is 4.56. The van der Waals surface area contributed by atoms with Gasteiger partial charge in [-0.2, -0.15) is 0 Å². The molecule has 0 spiro atoms. The van der Waals surface area contributed by atoms with Crippen LogP contribution in [-0.2, 0) is 10.0 Å². The summed E-state index contributed by atoms with van der Waals surface area (Å²) in [6.07, 6.45) is 2.95. The third-order valence-corrected chi connectivity index (χ3v) is 4.85. The maximum Gasteiger partial charge on any atom is 0.241 e. The fourth-order valence-electron chi connectivity index (χ4n) is 3.37. The molecule has 2 rings (SSSR count). The molecule has 118 valence electrons. The highest BCUT2D eigenvalue weighted by molar-refractivity contribution is 7.89. The van der Waals surface area contributed by atoms with Crippen molar-refractivity contribution in [1.29, 1.82) is 0 Å². The summed E-state index contributed by atoms with van der Waals surface area (Å²) in [5.41, 5.74) is 6.19. The highest BCUT2D eigenvalue weighted by atomic mass is 32.2. The van der Waals surface area contributed by atoms with Crippen LogP contribution in [0.5, 0.6) is 5.75 Å². The third-order valence-electron chi connectivity index (χ3n) is 3.91. The predicted molar refractivity (Wildman–Crippen MR) is 83.4 cm³/mol. The summed E-state index contributed by atoms with van der Waals surface area (Å²) in [5, 5.41) is 5.25. The standard InChI is InChI=1S/C15H24N2O3S/c1-10-6-12(9-15(2,3)8-10)20-13-5-4-11(16)7-14(13)21(17,18)19/h4-5,7,10,12H,6,8-9,16H2,1-3H3,(H2,17,18,19). The molecular weight excluding hydrogens is 288 g/mol. The molecule has 1 fully saturated rings. The summed E-state index contributed by atoms with van der Waals surface area (Å²) >= 11 is 0. The molecule has 2 unspecified atom stereocenters. The van der Waals surface area contributed by atoms with Gasteiger partial charge in [0.1, 0.15) is 10.6 Å². The molecule has 1 aliphatic rings. The van der Waals surface area contributed by atoms with E-state index < -0.39 is 10.0 Å². The number of anilines is 1. The van der Waals surface area contributed by atoms with Gasteiger partial charge in [-0.15, -0.1) is 0 Å². The molecule has 0 saturated heterocycles. The molecular formula is C15H24N2O3S. The number of rotatable bonds is 3. The van der Waals surface area contributed by atoms with Crippen LogP contribution in [0.2, 0.25) is 0 Å². The van der Waals surface area contributed by atoms with E-state index in [-0.39, 0.29) is 16.4 Å². The smallest absolute Gasteiger partial charge is 0.241 e. The maximum absolute atomic E-state index is 11.7. The normalized spacial score (nSPS) is 25.5. The molecule has 0 heterocycles. The molecule has 1 aromatic rings. The topological polar surface area (TPSA) is 95.4 Å². The Bertz CT molecular complexity index is 626. The molecule has 0 bridgehead atoms. The van der Waals surface area contributed by atoms with E-state index in [2.05, 4.69) is 20.8 Å². The second-order valence-electron chi connectivity index (χ2n) is 6.90. The quantitative estimate of drug-likeness (QED) is 0.838. The molecule has 21 heavy (non-hydrogen) atoms. The van der Waals surface area contributed by atoms with Gasteiger partial charge in [-0.1, -0.05) is 20.8 Å². The Balaban J connectivity index is 2.28. The average molecular weight is 312 g/mol. The molecule has 0 aromatic heterocycles. The lowest BCUT2D eigenvalue weighted by Gasteiger charge is -2.39. The van der Waals surface area contributed by atoms with E-state index in [1.807, 2.05) is 0 Å². The fraction of sp³-hybridized carbons (Fsp3) is 0.600. The van der Waals surface area contributed by atoms with E-state index in [0.717, 1.165) is 19.3 Å². The Morgan fingerprint density at radius 1 is 1.29 bits per heavy atom. The van der Waals surface area contributed by atoms with Crippen molar-refractivity contribution in [1.82, 2.24) is 0 Å². The minimum atomic E-state index is -3.85. The van der Waals surface area contributed by atoms with E-state index >= 15 is 0 Å². The van der Waals surface area contributed by atoms with Crippen molar-refractivity contribution >= 4 is 15.7 Å². The van der Waals surface area contributed by atoms with Crippen LogP contribution in [0.3, 0.4) is 0 Å². The molecule has 0 amide bonds. The van der Waals surface area contributed by atoms with Gasteiger partial charge in [-0.25, -0.2) is 13.6 Å². The third kappa shape index (κ3) is 4.11. The number of primary sulfonamides is 1. The first kappa shape index (κ1) is 16.1. The Morgan fingerprint density at radius 2 is 1.95 bits per heavy atom. The molecule has 1 aliphatic carbocycles. The Hall–Kier alpha value is -1.27. The number of hydrogen-bond acceptors (Lipinski definition) is 4. The monoisotopic (exact) mass is 312 g/mol. The number of nitrogen functional groups attached to an aromatic ring is 1. The summed E-state index contributed by atoms with van der Waals surface area (Å²) in [4.78, 5) is -0.0430. The number of hydrogen-bond donors (Lipinski definition) is 2. The second kappa shape index (κ2) is 5.50. The van der Waals surface area contributed by atoms with Crippen molar-refractivity contribution in [3.05, 3.63) is 18.2 Å². The van der Waals surface area contributed by atoms with Crippen LogP contribution < -0.4 is 15.6 Å². The lowest BCUT2D eigenvalue weighted by molar-refractivity contribution is 0.0544. The van der Waals surface area contributed by atoms with Gasteiger partial charge in [0.05, 0.1) is 6.10 Å². The molecule has 6 heteroatoms. The van der Waals surface area contributed by atoms with Crippen LogP contribution in [0.25, 0.3) is 0 Å². The van der Waals surface area contributed by atoms with Crippen molar-refractivity contribution in [3.8, 4) is 5.75 Å². The largest absolute Gasteiger partial charge is 0.489 e. The first-order valence-corrected chi connectivity index (χ1v) is 8.70. The summed E-state index contributed by atoms with van der Waals surface area (Å²) in [5.74, 6) is 0.840. The van der Waals surface area contributed by atoms with Crippen molar-refractivity contribution in [3.63, 3.8) is 0 Å². The van der Waals surface area contributed by atoms with Gasteiger partial charge in [-0.3, -0.25) is 0 Å². The highest BCUT2D eigenvalue weighted by Gasteiger charge is 2.33. The van der Waals surface area contributed by atoms with Crippen molar-refractivity contribution in [2.45, 2.75) is 51.0 Å². The van der Waals surface area contributed by atoms with Gasteiger partial charge in [-0.05, 0) is 48.8 Å².